The summed E-state index contributed by atoms with van der Waals surface area (Å²) < 4.78 is 8.42. The van der Waals surface area contributed by atoms with Crippen molar-refractivity contribution in [1.82, 2.24) is 9.78 Å². The highest BCUT2D eigenvalue weighted by Crippen LogP contribution is 2.26. The largest absolute Gasteiger partial charge is 0.409 e. The number of hydrogen-bond donors (Lipinski definition) is 1. The van der Waals surface area contributed by atoms with E-state index < -0.39 is 0 Å². The molecule has 1 N–H and O–H groups in total. The van der Waals surface area contributed by atoms with Crippen molar-refractivity contribution < 1.29 is 9.32 Å². The SMILES string of the molecule is S=c1oc(-c2ccccc2Br)nn1C[NH+]1CCCCC1. The number of rotatable bonds is 3. The number of aromatic nitrogens is 2. The zero-order valence-electron chi connectivity index (χ0n) is 11.1. The lowest BCUT2D eigenvalue weighted by Crippen LogP contribution is -3.12. The van der Waals surface area contributed by atoms with Crippen molar-refractivity contribution in [2.24, 2.45) is 0 Å². The van der Waals surface area contributed by atoms with Gasteiger partial charge in [-0.05, 0) is 59.5 Å². The fraction of sp³-hybridized carbons (Fsp3) is 0.429. The van der Waals surface area contributed by atoms with Gasteiger partial charge in [-0.1, -0.05) is 12.1 Å². The fourth-order valence-corrected chi connectivity index (χ4v) is 3.21. The second-order valence-electron chi connectivity index (χ2n) is 5.12. The molecule has 1 fully saturated rings. The summed E-state index contributed by atoms with van der Waals surface area (Å²) in [4.78, 5) is 1.98. The van der Waals surface area contributed by atoms with Crippen molar-refractivity contribution in [1.29, 1.82) is 0 Å². The molecular weight excluding hydrogens is 338 g/mol. The Kier molecular flexibility index (Phi) is 4.33. The molecule has 0 unspecified atom stereocenters. The molecule has 1 saturated heterocycles. The van der Waals surface area contributed by atoms with Crippen LogP contribution in [0, 0.1) is 4.84 Å². The molecule has 2 aromatic rings. The van der Waals surface area contributed by atoms with Gasteiger partial charge in [-0.2, -0.15) is 4.68 Å². The van der Waals surface area contributed by atoms with Crippen LogP contribution in [0.25, 0.3) is 11.5 Å². The summed E-state index contributed by atoms with van der Waals surface area (Å²) in [6.45, 7) is 3.19. The monoisotopic (exact) mass is 354 g/mol. The molecule has 2 heterocycles. The molecule has 0 radical (unpaired) electrons. The second kappa shape index (κ2) is 6.20. The van der Waals surface area contributed by atoms with Crippen LogP contribution in [0.15, 0.2) is 33.2 Å². The molecule has 1 aliphatic rings. The Morgan fingerprint density at radius 1 is 1.25 bits per heavy atom. The van der Waals surface area contributed by atoms with Crippen LogP contribution in [-0.4, -0.2) is 22.9 Å². The van der Waals surface area contributed by atoms with Gasteiger partial charge in [0.15, 0.2) is 6.67 Å². The van der Waals surface area contributed by atoms with Crippen molar-refractivity contribution in [3.8, 4) is 11.5 Å². The highest BCUT2D eigenvalue weighted by molar-refractivity contribution is 9.10. The first-order valence-electron chi connectivity index (χ1n) is 6.90. The number of benzene rings is 1. The number of piperidine rings is 1. The van der Waals surface area contributed by atoms with E-state index in [4.69, 9.17) is 16.6 Å². The van der Waals surface area contributed by atoms with Gasteiger partial charge in [0.2, 0.25) is 5.89 Å². The third-order valence-electron chi connectivity index (χ3n) is 3.64. The molecule has 0 bridgehead atoms. The molecule has 1 aromatic heterocycles. The molecule has 0 atom stereocenters. The Hall–Kier alpha value is -0.980. The zero-order chi connectivity index (χ0) is 13.9. The van der Waals surface area contributed by atoms with Gasteiger partial charge in [0.25, 0.3) is 4.84 Å². The summed E-state index contributed by atoms with van der Waals surface area (Å²) in [6, 6.07) is 7.89. The zero-order valence-corrected chi connectivity index (χ0v) is 13.5. The van der Waals surface area contributed by atoms with Crippen LogP contribution in [-0.2, 0) is 6.67 Å². The Balaban J connectivity index is 1.84. The quantitative estimate of drug-likeness (QED) is 0.860. The molecule has 0 amide bonds. The Bertz CT molecular complexity index is 646. The van der Waals surface area contributed by atoms with Gasteiger partial charge in [-0.25, -0.2) is 0 Å². The van der Waals surface area contributed by atoms with Gasteiger partial charge in [0, 0.05) is 4.47 Å². The van der Waals surface area contributed by atoms with E-state index in [1.54, 1.807) is 0 Å². The Labute approximate surface area is 131 Å². The van der Waals surface area contributed by atoms with Gasteiger partial charge >= 0.3 is 0 Å². The number of nitrogens with one attached hydrogen (secondary N) is 1. The number of hydrogen-bond acceptors (Lipinski definition) is 3. The first-order valence-corrected chi connectivity index (χ1v) is 8.10. The predicted molar refractivity (Wildman–Crippen MR) is 83.0 cm³/mol. The summed E-state index contributed by atoms with van der Waals surface area (Å²) in [5.41, 5.74) is 0.936. The molecule has 20 heavy (non-hydrogen) atoms. The number of quaternary nitrogens is 1. The topological polar surface area (TPSA) is 35.4 Å². The van der Waals surface area contributed by atoms with Gasteiger partial charge in [0.1, 0.15) is 0 Å². The van der Waals surface area contributed by atoms with Crippen LogP contribution in [0.1, 0.15) is 19.3 Å². The summed E-state index contributed by atoms with van der Waals surface area (Å²) in [6.07, 6.45) is 3.92. The van der Waals surface area contributed by atoms with Crippen LogP contribution in [0.3, 0.4) is 0 Å². The highest BCUT2D eigenvalue weighted by atomic mass is 79.9. The molecule has 6 heteroatoms. The van der Waals surface area contributed by atoms with Crippen molar-refractivity contribution in [3.05, 3.63) is 33.6 Å². The maximum Gasteiger partial charge on any atom is 0.292 e. The van der Waals surface area contributed by atoms with E-state index in [2.05, 4.69) is 21.0 Å². The summed E-state index contributed by atoms with van der Waals surface area (Å²) in [5.74, 6) is 0.582. The molecule has 3 rings (SSSR count). The number of likely N-dealkylation sites (tertiary alicyclic amines) is 1. The maximum absolute atomic E-state index is 5.65. The standard InChI is InChI=1S/C14H16BrN3OS/c15-12-7-3-2-6-11(12)13-16-18(14(20)19-13)10-17-8-4-1-5-9-17/h2-3,6-7H,1,4-5,8-10H2/p+1. The van der Waals surface area contributed by atoms with Crippen molar-refractivity contribution >= 4 is 28.1 Å². The van der Waals surface area contributed by atoms with Crippen LogP contribution in [0.5, 0.6) is 0 Å². The maximum atomic E-state index is 5.65. The Morgan fingerprint density at radius 2 is 2.00 bits per heavy atom. The molecule has 0 spiro atoms. The van der Waals surface area contributed by atoms with E-state index in [1.165, 1.54) is 37.3 Å². The minimum Gasteiger partial charge on any atom is -0.409 e. The van der Waals surface area contributed by atoms with Crippen LogP contribution < -0.4 is 4.90 Å². The lowest BCUT2D eigenvalue weighted by molar-refractivity contribution is -0.928. The van der Waals surface area contributed by atoms with E-state index in [9.17, 15) is 0 Å². The smallest absolute Gasteiger partial charge is 0.292 e. The molecule has 1 aliphatic heterocycles. The van der Waals surface area contributed by atoms with Crippen molar-refractivity contribution in [2.45, 2.75) is 25.9 Å². The molecule has 1 aromatic carbocycles. The van der Waals surface area contributed by atoms with Crippen LogP contribution >= 0.6 is 28.1 Å². The van der Waals surface area contributed by atoms with E-state index in [-0.39, 0.29) is 0 Å². The third kappa shape index (κ3) is 3.02. The van der Waals surface area contributed by atoms with Gasteiger partial charge < -0.3 is 9.32 Å². The van der Waals surface area contributed by atoms with Crippen molar-refractivity contribution in [2.75, 3.05) is 13.1 Å². The molecule has 0 aliphatic carbocycles. The lowest BCUT2D eigenvalue weighted by atomic mass is 10.1. The first kappa shape index (κ1) is 14.0. The normalized spacial score (nSPS) is 16.4. The Morgan fingerprint density at radius 3 is 2.75 bits per heavy atom. The van der Waals surface area contributed by atoms with Gasteiger partial charge in [0.05, 0.1) is 18.7 Å². The van der Waals surface area contributed by atoms with E-state index in [1.807, 2.05) is 28.9 Å². The molecule has 0 saturated carbocycles. The predicted octanol–water partition coefficient (Wildman–Crippen LogP) is 2.66. The molecule has 4 nitrogen and oxygen atoms in total. The summed E-state index contributed by atoms with van der Waals surface area (Å²) in [5, 5.41) is 4.53. The number of nitrogens with zero attached hydrogens (tertiary/aromatic N) is 2. The summed E-state index contributed by atoms with van der Waals surface area (Å²) >= 11 is 8.81. The minimum absolute atomic E-state index is 0.453. The van der Waals surface area contributed by atoms with Gasteiger partial charge in [-0.15, -0.1) is 5.10 Å². The second-order valence-corrected chi connectivity index (χ2v) is 6.32. The average Bonchev–Trinajstić information content (AvgIpc) is 2.81. The average molecular weight is 355 g/mol. The summed E-state index contributed by atoms with van der Waals surface area (Å²) in [7, 11) is 0. The number of halogens is 1. The minimum atomic E-state index is 0.453. The van der Waals surface area contributed by atoms with E-state index in [0.29, 0.717) is 10.7 Å². The van der Waals surface area contributed by atoms with E-state index in [0.717, 1.165) is 16.7 Å². The molecule has 106 valence electrons. The molecular formula is C14H17BrN3OS+. The van der Waals surface area contributed by atoms with Crippen LogP contribution in [0.2, 0.25) is 0 Å². The van der Waals surface area contributed by atoms with Crippen molar-refractivity contribution in [3.63, 3.8) is 0 Å². The van der Waals surface area contributed by atoms with E-state index >= 15 is 0 Å². The fourth-order valence-electron chi connectivity index (χ4n) is 2.57. The third-order valence-corrected chi connectivity index (χ3v) is 4.63. The first-order chi connectivity index (χ1) is 9.74. The van der Waals surface area contributed by atoms with Crippen LogP contribution in [0.4, 0.5) is 0 Å². The van der Waals surface area contributed by atoms with Gasteiger partial charge in [-0.3, -0.25) is 0 Å². The lowest BCUT2D eigenvalue weighted by Gasteiger charge is -2.22. The highest BCUT2D eigenvalue weighted by Gasteiger charge is 2.17.